The molecule has 0 aromatic heterocycles. The van der Waals surface area contributed by atoms with E-state index in [1.165, 1.54) is 57.9 Å². The van der Waals surface area contributed by atoms with Crippen LogP contribution in [0.1, 0.15) is 11.1 Å². The third-order valence-corrected chi connectivity index (χ3v) is 8.64. The number of halogens is 2. The van der Waals surface area contributed by atoms with Crippen molar-refractivity contribution in [3.63, 3.8) is 0 Å². The van der Waals surface area contributed by atoms with Gasteiger partial charge in [-0.1, -0.05) is 29.3 Å². The van der Waals surface area contributed by atoms with Crippen LogP contribution in [-0.4, -0.2) is 48.4 Å². The molecule has 0 heterocycles. The fourth-order valence-electron chi connectivity index (χ4n) is 3.96. The third-order valence-electron chi connectivity index (χ3n) is 6.28. The van der Waals surface area contributed by atoms with E-state index in [9.17, 15) is 13.2 Å². The van der Waals surface area contributed by atoms with Gasteiger partial charge in [0.15, 0.2) is 11.5 Å². The lowest BCUT2D eigenvalue weighted by Gasteiger charge is -2.24. The Morgan fingerprint density at radius 1 is 0.841 bits per heavy atom. The standard InChI is InChI=1S/C31H29Cl2N3O7S/c1-40-25-12-8-24(9-13-25)36(44(38,39)27-14-15-29(41-2)30(17-27)42-3)19-31(37)35-34-18-21-4-10-26(11-5-21)43-20-22-6-7-23(32)16-28(22)33/h4-18H,19-20H2,1-3H3,(H,35,37)/b34-18-. The molecule has 13 heteroatoms. The molecule has 0 aliphatic carbocycles. The number of sulfonamides is 1. The Labute approximate surface area is 265 Å². The zero-order valence-corrected chi connectivity index (χ0v) is 26.3. The van der Waals surface area contributed by atoms with Gasteiger partial charge < -0.3 is 18.9 Å². The monoisotopic (exact) mass is 657 g/mol. The topological polar surface area (TPSA) is 116 Å². The van der Waals surface area contributed by atoms with Gasteiger partial charge in [-0.3, -0.25) is 9.10 Å². The van der Waals surface area contributed by atoms with Crippen molar-refractivity contribution >= 4 is 51.0 Å². The number of carbonyl (C=O) groups excluding carboxylic acids is 1. The van der Waals surface area contributed by atoms with Crippen LogP contribution >= 0.6 is 23.2 Å². The molecule has 0 spiro atoms. The van der Waals surface area contributed by atoms with Crippen LogP contribution in [0.3, 0.4) is 0 Å². The molecule has 44 heavy (non-hydrogen) atoms. The van der Waals surface area contributed by atoms with Crippen molar-refractivity contribution in [2.45, 2.75) is 11.5 Å². The zero-order valence-electron chi connectivity index (χ0n) is 24.0. The molecular formula is C31H29Cl2N3O7S. The number of carbonyl (C=O) groups is 1. The third kappa shape index (κ3) is 8.13. The number of nitrogens with zero attached hydrogens (tertiary/aromatic N) is 2. The smallest absolute Gasteiger partial charge is 0.264 e. The summed E-state index contributed by atoms with van der Waals surface area (Å²) in [7, 11) is 0.122. The summed E-state index contributed by atoms with van der Waals surface area (Å²) >= 11 is 12.1. The first-order valence-corrected chi connectivity index (χ1v) is 15.2. The first kappa shape index (κ1) is 32.5. The molecule has 0 saturated carbocycles. The average molecular weight is 659 g/mol. The lowest BCUT2D eigenvalue weighted by Crippen LogP contribution is -2.39. The van der Waals surface area contributed by atoms with E-state index in [0.717, 1.165) is 9.87 Å². The van der Waals surface area contributed by atoms with E-state index in [1.54, 1.807) is 54.6 Å². The van der Waals surface area contributed by atoms with Gasteiger partial charge in [-0.05, 0) is 78.4 Å². The number of benzene rings is 4. The van der Waals surface area contributed by atoms with Gasteiger partial charge in [-0.2, -0.15) is 5.10 Å². The van der Waals surface area contributed by atoms with Crippen LogP contribution in [0.2, 0.25) is 10.0 Å². The molecule has 4 aromatic rings. The minimum atomic E-state index is -4.22. The number of hydrogen-bond acceptors (Lipinski definition) is 8. The number of hydrogen-bond donors (Lipinski definition) is 1. The van der Waals surface area contributed by atoms with Crippen LogP contribution in [0, 0.1) is 0 Å². The second-order valence-electron chi connectivity index (χ2n) is 9.11. The lowest BCUT2D eigenvalue weighted by atomic mass is 10.2. The Hall–Kier alpha value is -4.45. The van der Waals surface area contributed by atoms with Gasteiger partial charge in [-0.25, -0.2) is 13.8 Å². The number of hydrazone groups is 1. The van der Waals surface area contributed by atoms with Gasteiger partial charge in [0.2, 0.25) is 0 Å². The zero-order chi connectivity index (χ0) is 31.7. The van der Waals surface area contributed by atoms with Gasteiger partial charge in [0.25, 0.3) is 15.9 Å². The van der Waals surface area contributed by atoms with E-state index in [4.69, 9.17) is 42.1 Å². The number of methoxy groups -OCH3 is 3. The van der Waals surface area contributed by atoms with E-state index >= 15 is 0 Å². The molecule has 0 bridgehead atoms. The molecular weight excluding hydrogens is 629 g/mol. The molecule has 230 valence electrons. The molecule has 0 fully saturated rings. The summed E-state index contributed by atoms with van der Waals surface area (Å²) in [6, 6.07) is 22.6. The Bertz CT molecular complexity index is 1730. The van der Waals surface area contributed by atoms with E-state index in [2.05, 4.69) is 10.5 Å². The highest BCUT2D eigenvalue weighted by Crippen LogP contribution is 2.32. The molecule has 1 amide bonds. The van der Waals surface area contributed by atoms with Crippen LogP contribution in [0.25, 0.3) is 0 Å². The highest BCUT2D eigenvalue weighted by molar-refractivity contribution is 7.92. The second kappa shape index (κ2) is 14.8. The van der Waals surface area contributed by atoms with Crippen LogP contribution in [-0.2, 0) is 21.4 Å². The van der Waals surface area contributed by atoms with Crippen LogP contribution in [0.5, 0.6) is 23.0 Å². The van der Waals surface area contributed by atoms with Gasteiger partial charge in [0.05, 0.1) is 38.1 Å². The van der Waals surface area contributed by atoms with E-state index < -0.39 is 22.5 Å². The van der Waals surface area contributed by atoms with Gasteiger partial charge in [0.1, 0.15) is 24.7 Å². The quantitative estimate of drug-likeness (QED) is 0.140. The number of nitrogens with one attached hydrogen (secondary N) is 1. The SMILES string of the molecule is COc1ccc(N(CC(=O)N/N=C\c2ccc(OCc3ccc(Cl)cc3Cl)cc2)S(=O)(=O)c2ccc(OC)c(OC)c2)cc1. The summed E-state index contributed by atoms with van der Waals surface area (Å²) in [5, 5.41) is 5.05. The van der Waals surface area contributed by atoms with Crippen molar-refractivity contribution < 1.29 is 32.2 Å². The minimum Gasteiger partial charge on any atom is -0.497 e. The van der Waals surface area contributed by atoms with E-state index in [1.807, 2.05) is 0 Å². The molecule has 10 nitrogen and oxygen atoms in total. The molecule has 0 aliphatic rings. The summed E-state index contributed by atoms with van der Waals surface area (Å²) in [5.41, 5.74) is 4.10. The van der Waals surface area contributed by atoms with Crippen LogP contribution in [0.15, 0.2) is 94.9 Å². The number of anilines is 1. The maximum absolute atomic E-state index is 13.7. The maximum atomic E-state index is 13.7. The van der Waals surface area contributed by atoms with Crippen molar-refractivity contribution in [2.24, 2.45) is 5.10 Å². The van der Waals surface area contributed by atoms with Crippen molar-refractivity contribution in [1.82, 2.24) is 5.43 Å². The number of amides is 1. The fourth-order valence-corrected chi connectivity index (χ4v) is 5.86. The van der Waals surface area contributed by atoms with E-state index in [-0.39, 0.29) is 22.9 Å². The minimum absolute atomic E-state index is 0.0945. The van der Waals surface area contributed by atoms with Gasteiger partial charge in [-0.15, -0.1) is 0 Å². The second-order valence-corrected chi connectivity index (χ2v) is 11.8. The lowest BCUT2D eigenvalue weighted by molar-refractivity contribution is -0.119. The molecule has 1 N–H and O–H groups in total. The molecule has 4 rings (SSSR count). The largest absolute Gasteiger partial charge is 0.497 e. The first-order chi connectivity index (χ1) is 21.1. The summed E-state index contributed by atoms with van der Waals surface area (Å²) in [5.74, 6) is 1.05. The average Bonchev–Trinajstić information content (AvgIpc) is 3.03. The van der Waals surface area contributed by atoms with Gasteiger partial charge >= 0.3 is 0 Å². The predicted molar refractivity (Wildman–Crippen MR) is 170 cm³/mol. The molecule has 0 atom stereocenters. The van der Waals surface area contributed by atoms with E-state index in [0.29, 0.717) is 32.9 Å². The Morgan fingerprint density at radius 3 is 2.16 bits per heavy atom. The normalized spacial score (nSPS) is 11.2. The Balaban J connectivity index is 1.45. The Morgan fingerprint density at radius 2 is 1.52 bits per heavy atom. The predicted octanol–water partition coefficient (Wildman–Crippen LogP) is 5.94. The molecule has 0 saturated heterocycles. The summed E-state index contributed by atoms with van der Waals surface area (Å²) in [4.78, 5) is 12.8. The van der Waals surface area contributed by atoms with Crippen molar-refractivity contribution in [2.75, 3.05) is 32.2 Å². The highest BCUT2D eigenvalue weighted by Gasteiger charge is 2.28. The number of ether oxygens (including phenoxy) is 4. The molecule has 4 aromatic carbocycles. The van der Waals surface area contributed by atoms with Crippen molar-refractivity contribution in [3.8, 4) is 23.0 Å². The van der Waals surface area contributed by atoms with Crippen LogP contribution < -0.4 is 28.7 Å². The first-order valence-electron chi connectivity index (χ1n) is 13.0. The summed E-state index contributed by atoms with van der Waals surface area (Å²) in [6.45, 7) is -0.295. The summed E-state index contributed by atoms with van der Waals surface area (Å²) < 4.78 is 49.9. The molecule has 0 aliphatic heterocycles. The van der Waals surface area contributed by atoms with Crippen LogP contribution in [0.4, 0.5) is 5.69 Å². The van der Waals surface area contributed by atoms with Crippen molar-refractivity contribution in [1.29, 1.82) is 0 Å². The highest BCUT2D eigenvalue weighted by atomic mass is 35.5. The maximum Gasteiger partial charge on any atom is 0.264 e. The molecule has 0 unspecified atom stereocenters. The summed E-state index contributed by atoms with van der Waals surface area (Å²) in [6.07, 6.45) is 1.43. The fraction of sp³-hybridized carbons (Fsp3) is 0.161. The number of rotatable bonds is 13. The van der Waals surface area contributed by atoms with Gasteiger partial charge in [0, 0.05) is 21.7 Å². The van der Waals surface area contributed by atoms with Crippen molar-refractivity contribution in [3.05, 3.63) is 106 Å². The Kier molecular flexibility index (Phi) is 10.9. The molecule has 0 radical (unpaired) electrons.